The third-order valence-corrected chi connectivity index (χ3v) is 3.43. The van der Waals surface area contributed by atoms with Gasteiger partial charge in [-0.25, -0.2) is 0 Å². The minimum Gasteiger partial charge on any atom is -0.326 e. The van der Waals surface area contributed by atoms with Gasteiger partial charge in [-0.15, -0.1) is 0 Å². The van der Waals surface area contributed by atoms with Crippen LogP contribution in [0, 0.1) is 0 Å². The number of pyridine rings is 1. The second-order valence-corrected chi connectivity index (χ2v) is 4.96. The second-order valence-electron chi connectivity index (χ2n) is 4.96. The summed E-state index contributed by atoms with van der Waals surface area (Å²) < 4.78 is 1.89. The highest BCUT2D eigenvalue weighted by atomic mass is 16.1. The van der Waals surface area contributed by atoms with Crippen molar-refractivity contribution in [3.8, 4) is 0 Å². The molecule has 0 amide bonds. The Morgan fingerprint density at radius 2 is 2.24 bits per heavy atom. The van der Waals surface area contributed by atoms with Crippen LogP contribution in [0.2, 0.25) is 0 Å². The smallest absolute Gasteiger partial charge is 0.255 e. The van der Waals surface area contributed by atoms with Gasteiger partial charge >= 0.3 is 0 Å². The lowest BCUT2D eigenvalue weighted by atomic mass is 10.0. The van der Waals surface area contributed by atoms with Gasteiger partial charge in [-0.3, -0.25) is 4.79 Å². The van der Waals surface area contributed by atoms with Crippen molar-refractivity contribution in [3.63, 3.8) is 0 Å². The van der Waals surface area contributed by atoms with Crippen molar-refractivity contribution in [3.05, 3.63) is 33.2 Å². The molecule has 0 radical (unpaired) electrons. The third kappa shape index (κ3) is 2.42. The average Bonchev–Trinajstić information content (AvgIpc) is 2.74. The molecule has 1 aliphatic rings. The minimum absolute atomic E-state index is 0.135. The Morgan fingerprint density at radius 1 is 1.47 bits per heavy atom. The fraction of sp³-hybridized carbons (Fsp3) is 0.615. The number of likely N-dealkylation sites (N-methyl/N-ethyl adjacent to an activating group) is 1. The molecule has 17 heavy (non-hydrogen) atoms. The molecule has 2 N–H and O–H groups in total. The molecule has 0 atom stereocenters. The molecule has 2 heterocycles. The van der Waals surface area contributed by atoms with Crippen LogP contribution in [-0.4, -0.2) is 30.1 Å². The monoisotopic (exact) mass is 235 g/mol. The number of hydrogen-bond donors (Lipinski definition) is 1. The summed E-state index contributed by atoms with van der Waals surface area (Å²) in [6.45, 7) is 2.16. The van der Waals surface area contributed by atoms with Crippen LogP contribution in [0.15, 0.2) is 10.9 Å². The largest absolute Gasteiger partial charge is 0.326 e. The molecule has 1 aromatic heterocycles. The molecule has 94 valence electrons. The molecule has 4 nitrogen and oxygen atoms in total. The lowest BCUT2D eigenvalue weighted by molar-refractivity contribution is 0.413. The number of nitrogens with two attached hydrogens (primary N) is 1. The van der Waals surface area contributed by atoms with Crippen molar-refractivity contribution in [2.45, 2.75) is 32.4 Å². The van der Waals surface area contributed by atoms with E-state index < -0.39 is 0 Å². The van der Waals surface area contributed by atoms with E-state index in [2.05, 4.69) is 11.0 Å². The molecule has 2 rings (SSSR count). The molecule has 0 spiro atoms. The molecule has 0 aliphatic carbocycles. The molecular formula is C13H21N3O. The molecule has 0 aromatic carbocycles. The molecule has 0 bridgehead atoms. The number of rotatable bonds is 4. The highest BCUT2D eigenvalue weighted by Gasteiger charge is 2.17. The van der Waals surface area contributed by atoms with Crippen molar-refractivity contribution in [1.82, 2.24) is 9.47 Å². The van der Waals surface area contributed by atoms with Gasteiger partial charge in [-0.1, -0.05) is 0 Å². The van der Waals surface area contributed by atoms with E-state index in [4.69, 9.17) is 5.73 Å². The summed E-state index contributed by atoms with van der Waals surface area (Å²) in [5.41, 5.74) is 8.98. The maximum absolute atomic E-state index is 12.2. The van der Waals surface area contributed by atoms with Gasteiger partial charge in [0.05, 0.1) is 0 Å². The van der Waals surface area contributed by atoms with Gasteiger partial charge in [-0.05, 0) is 45.0 Å². The Bertz CT molecular complexity index is 462. The number of fused-ring (bicyclic) bond motifs is 1. The summed E-state index contributed by atoms with van der Waals surface area (Å²) in [6.07, 6.45) is 3.01. The summed E-state index contributed by atoms with van der Waals surface area (Å²) in [4.78, 5) is 14.4. The Labute approximate surface area is 102 Å². The van der Waals surface area contributed by atoms with Gasteiger partial charge in [0, 0.05) is 30.9 Å². The first-order valence-corrected chi connectivity index (χ1v) is 6.22. The Kier molecular flexibility index (Phi) is 3.64. The Balaban J connectivity index is 2.37. The zero-order valence-corrected chi connectivity index (χ0v) is 10.7. The molecule has 0 saturated heterocycles. The first-order chi connectivity index (χ1) is 8.13. The molecule has 1 aliphatic heterocycles. The van der Waals surface area contributed by atoms with Crippen LogP contribution >= 0.6 is 0 Å². The first-order valence-electron chi connectivity index (χ1n) is 6.22. The summed E-state index contributed by atoms with van der Waals surface area (Å²) >= 11 is 0. The quantitative estimate of drug-likeness (QED) is 0.819. The number of hydrogen-bond acceptors (Lipinski definition) is 3. The SMILES string of the molecule is CN(C)CCc1cc2n(c(=O)c1CN)CCC2. The Morgan fingerprint density at radius 3 is 2.88 bits per heavy atom. The fourth-order valence-corrected chi connectivity index (χ4v) is 2.45. The number of aromatic nitrogens is 1. The maximum atomic E-state index is 12.2. The lowest BCUT2D eigenvalue weighted by Gasteiger charge is -2.14. The van der Waals surface area contributed by atoms with Gasteiger partial charge in [0.15, 0.2) is 0 Å². The van der Waals surface area contributed by atoms with E-state index in [0.29, 0.717) is 6.54 Å². The zero-order chi connectivity index (χ0) is 12.4. The van der Waals surface area contributed by atoms with Gasteiger partial charge in [0.2, 0.25) is 0 Å². The molecule has 0 fully saturated rings. The van der Waals surface area contributed by atoms with Gasteiger partial charge in [0.1, 0.15) is 0 Å². The topological polar surface area (TPSA) is 51.3 Å². The van der Waals surface area contributed by atoms with Crippen LogP contribution in [0.3, 0.4) is 0 Å². The van der Waals surface area contributed by atoms with Crippen LogP contribution < -0.4 is 11.3 Å². The zero-order valence-electron chi connectivity index (χ0n) is 10.7. The third-order valence-electron chi connectivity index (χ3n) is 3.43. The van der Waals surface area contributed by atoms with Gasteiger partial charge < -0.3 is 15.2 Å². The minimum atomic E-state index is 0.135. The molecular weight excluding hydrogens is 214 g/mol. The predicted octanol–water partition coefficient (Wildman–Crippen LogP) is 0.357. The van der Waals surface area contributed by atoms with Crippen LogP contribution in [0.1, 0.15) is 23.2 Å². The summed E-state index contributed by atoms with van der Waals surface area (Å²) in [5.74, 6) is 0. The van der Waals surface area contributed by atoms with E-state index in [0.717, 1.165) is 43.5 Å². The van der Waals surface area contributed by atoms with E-state index in [1.54, 1.807) is 0 Å². The van der Waals surface area contributed by atoms with E-state index >= 15 is 0 Å². The van der Waals surface area contributed by atoms with Crippen molar-refractivity contribution in [2.75, 3.05) is 20.6 Å². The van der Waals surface area contributed by atoms with Crippen molar-refractivity contribution in [1.29, 1.82) is 0 Å². The fourth-order valence-electron chi connectivity index (χ4n) is 2.45. The summed E-state index contributed by atoms with van der Waals surface area (Å²) in [5, 5.41) is 0. The van der Waals surface area contributed by atoms with Crippen LogP contribution in [-0.2, 0) is 25.9 Å². The molecule has 4 heteroatoms. The van der Waals surface area contributed by atoms with Crippen molar-refractivity contribution >= 4 is 0 Å². The molecule has 0 saturated carbocycles. The van der Waals surface area contributed by atoms with E-state index in [1.807, 2.05) is 18.7 Å². The molecule has 1 aromatic rings. The molecule has 0 unspecified atom stereocenters. The van der Waals surface area contributed by atoms with E-state index in [9.17, 15) is 4.79 Å². The predicted molar refractivity (Wildman–Crippen MR) is 69.2 cm³/mol. The van der Waals surface area contributed by atoms with Gasteiger partial charge in [-0.2, -0.15) is 0 Å². The van der Waals surface area contributed by atoms with Crippen molar-refractivity contribution < 1.29 is 0 Å². The number of aryl methyl sites for hydroxylation is 1. The van der Waals surface area contributed by atoms with Crippen LogP contribution in [0.5, 0.6) is 0 Å². The van der Waals surface area contributed by atoms with Crippen molar-refractivity contribution in [2.24, 2.45) is 5.73 Å². The summed E-state index contributed by atoms with van der Waals surface area (Å²) in [7, 11) is 4.09. The Hall–Kier alpha value is -1.13. The van der Waals surface area contributed by atoms with E-state index in [1.165, 1.54) is 5.69 Å². The van der Waals surface area contributed by atoms with Gasteiger partial charge in [0.25, 0.3) is 5.56 Å². The second kappa shape index (κ2) is 5.02. The average molecular weight is 235 g/mol. The van der Waals surface area contributed by atoms with Crippen LogP contribution in [0.4, 0.5) is 0 Å². The highest BCUT2D eigenvalue weighted by molar-refractivity contribution is 5.29. The maximum Gasteiger partial charge on any atom is 0.255 e. The standard InChI is InChI=1S/C13H21N3O/c1-15(2)7-5-10-8-11-4-3-6-16(11)13(17)12(10)9-14/h8H,3-7,9,14H2,1-2H3. The summed E-state index contributed by atoms with van der Waals surface area (Å²) in [6, 6.07) is 2.18. The highest BCUT2D eigenvalue weighted by Crippen LogP contribution is 2.16. The normalized spacial score (nSPS) is 14.4. The lowest BCUT2D eigenvalue weighted by Crippen LogP contribution is -2.28. The number of nitrogens with zero attached hydrogens (tertiary/aromatic N) is 2. The van der Waals surface area contributed by atoms with Crippen LogP contribution in [0.25, 0.3) is 0 Å². The first kappa shape index (κ1) is 12.3. The van der Waals surface area contributed by atoms with E-state index in [-0.39, 0.29) is 5.56 Å².